The summed E-state index contributed by atoms with van der Waals surface area (Å²) in [4.78, 5) is 21.4. The number of likely N-dealkylation sites (N-methyl/N-ethyl adjacent to an activating group) is 1. The lowest BCUT2D eigenvalue weighted by Gasteiger charge is -2.38. The van der Waals surface area contributed by atoms with E-state index in [-0.39, 0.29) is 28.3 Å². The van der Waals surface area contributed by atoms with E-state index in [9.17, 15) is 13.2 Å². The Bertz CT molecular complexity index is 1080. The van der Waals surface area contributed by atoms with E-state index in [0.717, 1.165) is 19.6 Å². The Kier molecular flexibility index (Phi) is 6.85. The van der Waals surface area contributed by atoms with E-state index < -0.39 is 10.0 Å². The zero-order valence-corrected chi connectivity index (χ0v) is 19.9. The molecular formula is C21H28ClN5O4S. The summed E-state index contributed by atoms with van der Waals surface area (Å²) < 4.78 is 33.3. The average Bonchev–Trinajstić information content (AvgIpc) is 3.25. The summed E-state index contributed by atoms with van der Waals surface area (Å²) in [6, 6.07) is 4.65. The molecule has 2 saturated heterocycles. The molecule has 0 bridgehead atoms. The molecule has 1 aromatic carbocycles. The topological polar surface area (TPSA) is 99.8 Å². The maximum Gasteiger partial charge on any atom is 0.244 e. The van der Waals surface area contributed by atoms with Crippen LogP contribution in [0.3, 0.4) is 0 Å². The quantitative estimate of drug-likeness (QED) is 0.645. The van der Waals surface area contributed by atoms with Gasteiger partial charge in [-0.25, -0.2) is 8.42 Å². The third-order valence-corrected chi connectivity index (χ3v) is 8.55. The first-order valence-electron chi connectivity index (χ1n) is 10.9. The van der Waals surface area contributed by atoms with E-state index in [1.165, 1.54) is 16.4 Å². The number of hydrogen-bond donors (Lipinski definition) is 0. The van der Waals surface area contributed by atoms with Gasteiger partial charge in [0.15, 0.2) is 0 Å². The summed E-state index contributed by atoms with van der Waals surface area (Å²) in [5, 5.41) is 3.98. The Balaban J connectivity index is 1.52. The second-order valence-corrected chi connectivity index (χ2v) is 10.6. The van der Waals surface area contributed by atoms with Crippen LogP contribution in [0.15, 0.2) is 27.6 Å². The molecule has 2 aliphatic heterocycles. The first kappa shape index (κ1) is 23.2. The van der Waals surface area contributed by atoms with Gasteiger partial charge in [0.05, 0.1) is 10.9 Å². The highest BCUT2D eigenvalue weighted by atomic mass is 35.5. The van der Waals surface area contributed by atoms with Gasteiger partial charge in [-0.2, -0.15) is 9.29 Å². The van der Waals surface area contributed by atoms with Crippen LogP contribution in [0.5, 0.6) is 0 Å². The molecule has 4 rings (SSSR count). The van der Waals surface area contributed by atoms with Crippen LogP contribution < -0.4 is 0 Å². The second kappa shape index (κ2) is 9.46. The van der Waals surface area contributed by atoms with Gasteiger partial charge in [0, 0.05) is 51.8 Å². The van der Waals surface area contributed by atoms with Crippen molar-refractivity contribution < 1.29 is 17.7 Å². The van der Waals surface area contributed by atoms with Crippen molar-refractivity contribution in [1.82, 2.24) is 24.2 Å². The Hall–Kier alpha value is -2.01. The van der Waals surface area contributed by atoms with E-state index >= 15 is 0 Å². The van der Waals surface area contributed by atoms with Gasteiger partial charge in [-0.3, -0.25) is 4.79 Å². The summed E-state index contributed by atoms with van der Waals surface area (Å²) >= 11 is 6.29. The number of piperazine rings is 1. The predicted octanol–water partition coefficient (Wildman–Crippen LogP) is 2.26. The molecule has 0 radical (unpaired) electrons. The highest BCUT2D eigenvalue weighted by Gasteiger charge is 2.36. The number of amides is 1. The minimum absolute atomic E-state index is 0.0104. The summed E-state index contributed by atoms with van der Waals surface area (Å²) in [6.45, 7) is 8.36. The molecule has 3 heterocycles. The number of piperidine rings is 1. The number of aromatic nitrogens is 2. The van der Waals surface area contributed by atoms with E-state index in [2.05, 4.69) is 22.0 Å². The molecule has 174 valence electrons. The Morgan fingerprint density at radius 2 is 1.97 bits per heavy atom. The maximum atomic E-state index is 13.5. The zero-order chi connectivity index (χ0) is 22.9. The molecule has 2 aliphatic rings. The van der Waals surface area contributed by atoms with E-state index in [1.807, 2.05) is 4.90 Å². The van der Waals surface area contributed by atoms with Crippen molar-refractivity contribution in [3.8, 4) is 11.4 Å². The first-order valence-corrected chi connectivity index (χ1v) is 12.7. The van der Waals surface area contributed by atoms with Gasteiger partial charge in [0.1, 0.15) is 4.90 Å². The molecule has 0 spiro atoms. The highest BCUT2D eigenvalue weighted by molar-refractivity contribution is 7.89. The normalized spacial score (nSPS) is 21.1. The fourth-order valence-corrected chi connectivity index (χ4v) is 6.32. The van der Waals surface area contributed by atoms with Crippen LogP contribution in [-0.4, -0.2) is 84.4 Å². The number of carbonyl (C=O) groups excluding carboxylic acids is 1. The molecule has 0 saturated carbocycles. The molecule has 11 heteroatoms. The first-order chi connectivity index (χ1) is 15.3. The van der Waals surface area contributed by atoms with Gasteiger partial charge in [-0.05, 0) is 37.6 Å². The third-order valence-electron chi connectivity index (χ3n) is 6.20. The monoisotopic (exact) mass is 481 g/mol. The van der Waals surface area contributed by atoms with Crippen LogP contribution in [0.25, 0.3) is 11.4 Å². The van der Waals surface area contributed by atoms with Crippen molar-refractivity contribution in [2.24, 2.45) is 5.92 Å². The van der Waals surface area contributed by atoms with Gasteiger partial charge in [0.25, 0.3) is 0 Å². The summed E-state index contributed by atoms with van der Waals surface area (Å²) in [5.41, 5.74) is 0.503. The van der Waals surface area contributed by atoms with Gasteiger partial charge in [-0.1, -0.05) is 23.7 Å². The zero-order valence-electron chi connectivity index (χ0n) is 18.3. The van der Waals surface area contributed by atoms with Crippen LogP contribution in [0.1, 0.15) is 25.7 Å². The Morgan fingerprint density at radius 3 is 2.62 bits per heavy atom. The van der Waals surface area contributed by atoms with E-state index in [1.54, 1.807) is 13.0 Å². The molecule has 1 atom stereocenters. The smallest absolute Gasteiger partial charge is 0.244 e. The number of nitrogens with zero attached hydrogens (tertiary/aromatic N) is 5. The molecule has 9 nitrogen and oxygen atoms in total. The van der Waals surface area contributed by atoms with Gasteiger partial charge in [0.2, 0.25) is 27.6 Å². The molecule has 1 amide bonds. The standard InChI is InChI=1S/C21H28ClN5O4S/c1-3-25-9-11-26(12-10-25)21(28)17-5-4-8-27(14-17)32(29,30)19-13-16(6-7-18(19)22)20-23-15(2)31-24-20/h6-7,13,17H,3-5,8-12,14H2,1-2H3/t17-/m0/s1. The predicted molar refractivity (Wildman–Crippen MR) is 120 cm³/mol. The lowest BCUT2D eigenvalue weighted by molar-refractivity contribution is -0.138. The molecule has 2 aromatic rings. The number of halogens is 1. The van der Waals surface area contributed by atoms with Crippen molar-refractivity contribution in [2.45, 2.75) is 31.6 Å². The van der Waals surface area contributed by atoms with E-state index in [0.29, 0.717) is 49.8 Å². The van der Waals surface area contributed by atoms with Crippen molar-refractivity contribution in [2.75, 3.05) is 45.8 Å². The SMILES string of the molecule is CCN1CCN(C(=O)[C@H]2CCCN(S(=O)(=O)c3cc(-c4noc(C)n4)ccc3Cl)C2)CC1. The van der Waals surface area contributed by atoms with E-state index in [4.69, 9.17) is 16.1 Å². The number of sulfonamides is 1. The van der Waals surface area contributed by atoms with Crippen molar-refractivity contribution in [3.05, 3.63) is 29.1 Å². The number of rotatable bonds is 5. The van der Waals surface area contributed by atoms with Crippen LogP contribution in [-0.2, 0) is 14.8 Å². The molecule has 0 aliphatic carbocycles. The maximum absolute atomic E-state index is 13.5. The largest absolute Gasteiger partial charge is 0.340 e. The van der Waals surface area contributed by atoms with Gasteiger partial charge < -0.3 is 14.3 Å². The molecular weight excluding hydrogens is 454 g/mol. The Morgan fingerprint density at radius 1 is 1.22 bits per heavy atom. The van der Waals surface area contributed by atoms with Gasteiger partial charge >= 0.3 is 0 Å². The molecule has 1 aromatic heterocycles. The molecule has 0 unspecified atom stereocenters. The minimum atomic E-state index is -3.89. The van der Waals surface area contributed by atoms with Crippen LogP contribution in [0, 0.1) is 12.8 Å². The summed E-state index contributed by atoms with van der Waals surface area (Å²) in [7, 11) is -3.89. The number of carbonyl (C=O) groups is 1. The minimum Gasteiger partial charge on any atom is -0.340 e. The number of aryl methyl sites for hydroxylation is 1. The number of hydrogen-bond acceptors (Lipinski definition) is 7. The summed E-state index contributed by atoms with van der Waals surface area (Å²) in [5.74, 6) is 0.390. The van der Waals surface area contributed by atoms with Gasteiger partial charge in [-0.15, -0.1) is 0 Å². The lowest BCUT2D eigenvalue weighted by Crippen LogP contribution is -2.52. The van der Waals surface area contributed by atoms with Crippen LogP contribution in [0.2, 0.25) is 5.02 Å². The fraction of sp³-hybridized carbons (Fsp3) is 0.571. The van der Waals surface area contributed by atoms with Crippen molar-refractivity contribution >= 4 is 27.5 Å². The molecule has 32 heavy (non-hydrogen) atoms. The highest BCUT2D eigenvalue weighted by Crippen LogP contribution is 2.32. The number of benzene rings is 1. The van der Waals surface area contributed by atoms with Crippen molar-refractivity contribution in [3.63, 3.8) is 0 Å². The fourth-order valence-electron chi connectivity index (χ4n) is 4.30. The third kappa shape index (κ3) is 4.68. The Labute approximate surface area is 193 Å². The van der Waals surface area contributed by atoms with Crippen LogP contribution in [0.4, 0.5) is 0 Å². The molecule has 0 N–H and O–H groups in total. The van der Waals surface area contributed by atoms with Crippen LogP contribution >= 0.6 is 11.6 Å². The molecule has 2 fully saturated rings. The summed E-state index contributed by atoms with van der Waals surface area (Å²) in [6.07, 6.45) is 1.32. The van der Waals surface area contributed by atoms with Crippen molar-refractivity contribution in [1.29, 1.82) is 0 Å². The lowest BCUT2D eigenvalue weighted by atomic mass is 9.98. The second-order valence-electron chi connectivity index (χ2n) is 8.24. The average molecular weight is 482 g/mol.